The van der Waals surface area contributed by atoms with Gasteiger partial charge < -0.3 is 10.1 Å². The number of nitrogens with zero attached hydrogens (tertiary/aromatic N) is 2. The highest BCUT2D eigenvalue weighted by Gasteiger charge is 2.06. The molecule has 0 saturated heterocycles. The van der Waals surface area contributed by atoms with E-state index in [2.05, 4.69) is 15.3 Å². The zero-order valence-electron chi connectivity index (χ0n) is 13.5. The first kappa shape index (κ1) is 15.7. The van der Waals surface area contributed by atoms with Crippen molar-refractivity contribution in [2.75, 3.05) is 12.4 Å². The number of carbonyl (C=O) groups excluding carboxylic acids is 1. The molecule has 0 aliphatic rings. The third-order valence-electron chi connectivity index (χ3n) is 3.59. The van der Waals surface area contributed by atoms with E-state index in [1.807, 2.05) is 48.5 Å². The van der Waals surface area contributed by atoms with E-state index in [1.54, 1.807) is 20.1 Å². The number of anilines is 2. The van der Waals surface area contributed by atoms with Gasteiger partial charge in [0.2, 0.25) is 0 Å². The summed E-state index contributed by atoms with van der Waals surface area (Å²) in [6.07, 6.45) is 1.50. The number of ketones is 1. The van der Waals surface area contributed by atoms with Crippen molar-refractivity contribution in [1.82, 2.24) is 9.97 Å². The Morgan fingerprint density at radius 2 is 1.83 bits per heavy atom. The number of nitrogens with one attached hydrogen (secondary N) is 1. The fourth-order valence-electron chi connectivity index (χ4n) is 2.30. The topological polar surface area (TPSA) is 64.1 Å². The van der Waals surface area contributed by atoms with E-state index >= 15 is 0 Å². The molecule has 2 aromatic carbocycles. The minimum absolute atomic E-state index is 0.0301. The third kappa shape index (κ3) is 3.57. The molecule has 0 saturated carbocycles. The van der Waals surface area contributed by atoms with Crippen LogP contribution in [0.2, 0.25) is 0 Å². The summed E-state index contributed by atoms with van der Waals surface area (Å²) in [5.74, 6) is 1.51. The predicted octanol–water partition coefficient (Wildman–Crippen LogP) is 4.10. The Hall–Kier alpha value is -3.21. The monoisotopic (exact) mass is 319 g/mol. The van der Waals surface area contributed by atoms with Gasteiger partial charge in [0.05, 0.1) is 12.8 Å². The molecule has 0 amide bonds. The normalized spacial score (nSPS) is 10.2. The second kappa shape index (κ2) is 6.91. The number of benzene rings is 2. The highest BCUT2D eigenvalue weighted by Crippen LogP contribution is 2.23. The summed E-state index contributed by atoms with van der Waals surface area (Å²) in [4.78, 5) is 20.1. The Bertz CT molecular complexity index is 860. The molecule has 1 heterocycles. The quantitative estimate of drug-likeness (QED) is 0.717. The summed E-state index contributed by atoms with van der Waals surface area (Å²) in [5.41, 5.74) is 3.20. The fraction of sp³-hybridized carbons (Fsp3) is 0.105. The number of ether oxygens (including phenoxy) is 1. The van der Waals surface area contributed by atoms with Crippen LogP contribution in [-0.4, -0.2) is 22.9 Å². The van der Waals surface area contributed by atoms with Gasteiger partial charge in [-0.2, -0.15) is 0 Å². The molecular weight excluding hydrogens is 302 g/mol. The van der Waals surface area contributed by atoms with E-state index in [4.69, 9.17) is 4.74 Å². The maximum Gasteiger partial charge on any atom is 0.159 e. The van der Waals surface area contributed by atoms with E-state index in [0.717, 1.165) is 22.7 Å². The lowest BCUT2D eigenvalue weighted by molar-refractivity contribution is 0.101. The van der Waals surface area contributed by atoms with Crippen molar-refractivity contribution in [3.63, 3.8) is 0 Å². The van der Waals surface area contributed by atoms with Gasteiger partial charge in [0.1, 0.15) is 17.9 Å². The number of hydrogen-bond donors (Lipinski definition) is 1. The molecule has 5 heteroatoms. The Kier molecular flexibility index (Phi) is 4.52. The van der Waals surface area contributed by atoms with Crippen molar-refractivity contribution in [3.05, 3.63) is 66.5 Å². The Morgan fingerprint density at radius 1 is 1.04 bits per heavy atom. The van der Waals surface area contributed by atoms with Gasteiger partial charge in [-0.25, -0.2) is 9.97 Å². The molecule has 3 rings (SSSR count). The van der Waals surface area contributed by atoms with Crippen LogP contribution >= 0.6 is 0 Å². The highest BCUT2D eigenvalue weighted by molar-refractivity contribution is 5.95. The minimum Gasteiger partial charge on any atom is -0.497 e. The maximum atomic E-state index is 11.5. The van der Waals surface area contributed by atoms with E-state index < -0.39 is 0 Å². The molecule has 0 bridgehead atoms. The SMILES string of the molecule is COc1ccc(Nc2cc(-c3cccc(C(C)=O)c3)ncn2)cc1. The molecule has 5 nitrogen and oxygen atoms in total. The second-order valence-corrected chi connectivity index (χ2v) is 5.28. The summed E-state index contributed by atoms with van der Waals surface area (Å²) in [6.45, 7) is 1.55. The maximum absolute atomic E-state index is 11.5. The molecule has 120 valence electrons. The molecule has 24 heavy (non-hydrogen) atoms. The number of hydrogen-bond acceptors (Lipinski definition) is 5. The van der Waals surface area contributed by atoms with Crippen molar-refractivity contribution in [2.24, 2.45) is 0 Å². The summed E-state index contributed by atoms with van der Waals surface area (Å²) in [7, 11) is 1.63. The van der Waals surface area contributed by atoms with E-state index in [0.29, 0.717) is 11.4 Å². The van der Waals surface area contributed by atoms with Gasteiger partial charge in [0.15, 0.2) is 5.78 Å². The van der Waals surface area contributed by atoms with Gasteiger partial charge in [-0.1, -0.05) is 18.2 Å². The van der Waals surface area contributed by atoms with Crippen LogP contribution in [0.3, 0.4) is 0 Å². The van der Waals surface area contributed by atoms with Gasteiger partial charge >= 0.3 is 0 Å². The van der Waals surface area contributed by atoms with Crippen molar-refractivity contribution in [2.45, 2.75) is 6.92 Å². The number of methoxy groups -OCH3 is 1. The Morgan fingerprint density at radius 3 is 2.54 bits per heavy atom. The summed E-state index contributed by atoms with van der Waals surface area (Å²) >= 11 is 0. The van der Waals surface area contributed by atoms with Crippen molar-refractivity contribution in [3.8, 4) is 17.0 Å². The molecule has 0 radical (unpaired) electrons. The van der Waals surface area contributed by atoms with Gasteiger partial charge in [-0.15, -0.1) is 0 Å². The van der Waals surface area contributed by atoms with Crippen LogP contribution < -0.4 is 10.1 Å². The Labute approximate surface area is 140 Å². The fourth-order valence-corrected chi connectivity index (χ4v) is 2.30. The molecular formula is C19H17N3O2. The third-order valence-corrected chi connectivity index (χ3v) is 3.59. The van der Waals surface area contributed by atoms with Crippen LogP contribution in [0.4, 0.5) is 11.5 Å². The Balaban J connectivity index is 1.86. The molecule has 0 aliphatic heterocycles. The minimum atomic E-state index is 0.0301. The van der Waals surface area contributed by atoms with Crippen molar-refractivity contribution >= 4 is 17.3 Å². The van der Waals surface area contributed by atoms with Crippen LogP contribution in [0.15, 0.2) is 60.9 Å². The first-order chi connectivity index (χ1) is 11.7. The second-order valence-electron chi connectivity index (χ2n) is 5.28. The molecule has 1 N–H and O–H groups in total. The van der Waals surface area contributed by atoms with Gasteiger partial charge in [0, 0.05) is 22.9 Å². The van der Waals surface area contributed by atoms with Crippen LogP contribution in [0, 0.1) is 0 Å². The van der Waals surface area contributed by atoms with Crippen molar-refractivity contribution < 1.29 is 9.53 Å². The van der Waals surface area contributed by atoms with Crippen LogP contribution in [0.25, 0.3) is 11.3 Å². The van der Waals surface area contributed by atoms with Gasteiger partial charge in [-0.3, -0.25) is 4.79 Å². The van der Waals surface area contributed by atoms with Crippen LogP contribution in [0.5, 0.6) is 5.75 Å². The summed E-state index contributed by atoms with van der Waals surface area (Å²) in [5, 5.41) is 3.23. The molecule has 1 aromatic heterocycles. The summed E-state index contributed by atoms with van der Waals surface area (Å²) < 4.78 is 5.15. The van der Waals surface area contributed by atoms with E-state index in [1.165, 1.54) is 6.33 Å². The van der Waals surface area contributed by atoms with Crippen LogP contribution in [-0.2, 0) is 0 Å². The van der Waals surface area contributed by atoms with Gasteiger partial charge in [0.25, 0.3) is 0 Å². The standard InChI is InChI=1S/C19H17N3O2/c1-13(23)14-4-3-5-15(10-14)18-11-19(21-12-20-18)22-16-6-8-17(24-2)9-7-16/h3-12H,1-2H3,(H,20,21,22). The lowest BCUT2D eigenvalue weighted by Gasteiger charge is -2.08. The molecule has 0 spiro atoms. The molecule has 0 atom stereocenters. The number of aromatic nitrogens is 2. The number of carbonyl (C=O) groups is 1. The zero-order valence-corrected chi connectivity index (χ0v) is 13.5. The predicted molar refractivity (Wildman–Crippen MR) is 93.7 cm³/mol. The highest BCUT2D eigenvalue weighted by atomic mass is 16.5. The first-order valence-corrected chi connectivity index (χ1v) is 7.50. The average Bonchev–Trinajstić information content (AvgIpc) is 2.63. The lowest BCUT2D eigenvalue weighted by Crippen LogP contribution is -1.97. The van der Waals surface area contributed by atoms with Gasteiger partial charge in [-0.05, 0) is 37.3 Å². The van der Waals surface area contributed by atoms with E-state index in [-0.39, 0.29) is 5.78 Å². The van der Waals surface area contributed by atoms with Crippen molar-refractivity contribution in [1.29, 1.82) is 0 Å². The zero-order chi connectivity index (χ0) is 16.9. The molecule has 0 fully saturated rings. The molecule has 0 aliphatic carbocycles. The number of rotatable bonds is 5. The lowest BCUT2D eigenvalue weighted by atomic mass is 10.1. The smallest absolute Gasteiger partial charge is 0.159 e. The van der Waals surface area contributed by atoms with E-state index in [9.17, 15) is 4.79 Å². The van der Waals surface area contributed by atoms with Crippen LogP contribution in [0.1, 0.15) is 17.3 Å². The largest absolute Gasteiger partial charge is 0.497 e. The number of Topliss-reactive ketones (excluding diaryl/α,β-unsaturated/α-hetero) is 1. The average molecular weight is 319 g/mol. The first-order valence-electron chi connectivity index (χ1n) is 7.50. The molecule has 3 aromatic rings. The molecule has 0 unspecified atom stereocenters. The summed E-state index contributed by atoms with van der Waals surface area (Å²) in [6, 6.07) is 16.8.